The Kier molecular flexibility index (Phi) is 5.09. The van der Waals surface area contributed by atoms with Gasteiger partial charge in [0.15, 0.2) is 5.65 Å². The molecule has 3 aromatic heterocycles. The molecule has 6 nitrogen and oxygen atoms in total. The van der Waals surface area contributed by atoms with E-state index in [2.05, 4.69) is 39.2 Å². The van der Waals surface area contributed by atoms with Crippen molar-refractivity contribution in [2.75, 3.05) is 13.1 Å². The summed E-state index contributed by atoms with van der Waals surface area (Å²) in [4.78, 5) is 11.5. The minimum atomic E-state index is -0.344. The van der Waals surface area contributed by atoms with E-state index < -0.39 is 0 Å². The Morgan fingerprint density at radius 3 is 2.67 bits per heavy atom. The topological polar surface area (TPSA) is 66.5 Å². The monoisotopic (exact) mass is 435 g/mol. The molecule has 1 fully saturated rings. The summed E-state index contributed by atoms with van der Waals surface area (Å²) in [7, 11) is 0. The van der Waals surface area contributed by atoms with Gasteiger partial charge in [0.1, 0.15) is 0 Å². The molecule has 1 aliphatic rings. The van der Waals surface area contributed by atoms with Crippen LogP contribution in [0.3, 0.4) is 0 Å². The lowest BCUT2D eigenvalue weighted by Gasteiger charge is -2.16. The number of aromatic nitrogens is 4. The highest BCUT2D eigenvalue weighted by Crippen LogP contribution is 2.27. The standard InChI is InChI=1S/C27H25N5O/c33-26-18-31(17-22(26)12-21-10-11-28-25-9-5-4-8-23(21)25)15-19-13-29-27-24(14-30-32(27)16-19)20-6-2-1-3-7-20/h1-11,13-14,16,22,26,33H,12,15,17-18H2/t22-,26-/m1/s1. The molecule has 6 rings (SSSR count). The van der Waals surface area contributed by atoms with Crippen LogP contribution in [-0.4, -0.2) is 48.8 Å². The molecule has 0 saturated carbocycles. The number of β-amino-alcohol motifs (C(OH)–C–C–N with tert-alkyl or cyclic N) is 1. The minimum Gasteiger partial charge on any atom is -0.391 e. The molecular formula is C27H25N5O. The number of hydrogen-bond donors (Lipinski definition) is 1. The molecule has 0 unspecified atom stereocenters. The zero-order valence-corrected chi connectivity index (χ0v) is 18.2. The number of fused-ring (bicyclic) bond motifs is 2. The van der Waals surface area contributed by atoms with Crippen molar-refractivity contribution in [3.8, 4) is 11.1 Å². The normalized spacial score (nSPS) is 18.9. The van der Waals surface area contributed by atoms with Gasteiger partial charge in [-0.3, -0.25) is 9.88 Å². The fraction of sp³-hybridized carbons (Fsp3) is 0.222. The lowest BCUT2D eigenvalue weighted by molar-refractivity contribution is 0.141. The van der Waals surface area contributed by atoms with Crippen molar-refractivity contribution in [3.63, 3.8) is 0 Å². The Morgan fingerprint density at radius 2 is 1.76 bits per heavy atom. The van der Waals surface area contributed by atoms with Crippen molar-refractivity contribution < 1.29 is 5.11 Å². The Balaban J connectivity index is 1.18. The molecule has 2 atom stereocenters. The summed E-state index contributed by atoms with van der Waals surface area (Å²) in [6.45, 7) is 2.26. The number of likely N-dealkylation sites (tertiary alicyclic amines) is 1. The first kappa shape index (κ1) is 20.0. The largest absolute Gasteiger partial charge is 0.391 e. The second-order valence-corrected chi connectivity index (χ2v) is 8.87. The van der Waals surface area contributed by atoms with Crippen LogP contribution in [0.1, 0.15) is 11.1 Å². The lowest BCUT2D eigenvalue weighted by Crippen LogP contribution is -2.21. The van der Waals surface area contributed by atoms with Crippen LogP contribution in [0.4, 0.5) is 0 Å². The van der Waals surface area contributed by atoms with Crippen LogP contribution >= 0.6 is 0 Å². The van der Waals surface area contributed by atoms with Gasteiger partial charge < -0.3 is 5.11 Å². The summed E-state index contributed by atoms with van der Waals surface area (Å²) in [5.74, 6) is 0.196. The van der Waals surface area contributed by atoms with E-state index in [0.29, 0.717) is 6.54 Å². The fourth-order valence-electron chi connectivity index (χ4n) is 4.96. The summed E-state index contributed by atoms with van der Waals surface area (Å²) in [6, 6.07) is 20.5. The molecule has 0 amide bonds. The van der Waals surface area contributed by atoms with Gasteiger partial charge in [-0.15, -0.1) is 0 Å². The second kappa shape index (κ2) is 8.39. The Morgan fingerprint density at radius 1 is 0.909 bits per heavy atom. The van der Waals surface area contributed by atoms with Gasteiger partial charge in [-0.2, -0.15) is 5.10 Å². The SMILES string of the molecule is O[C@@H]1CN(Cc2cnc3c(-c4ccccc4)cnn3c2)C[C@H]1Cc1ccnc2ccccc12. The van der Waals surface area contributed by atoms with Crippen LogP contribution in [0.5, 0.6) is 0 Å². The van der Waals surface area contributed by atoms with Crippen molar-refractivity contribution in [2.45, 2.75) is 19.1 Å². The van der Waals surface area contributed by atoms with E-state index in [1.807, 2.05) is 65.7 Å². The maximum Gasteiger partial charge on any atom is 0.162 e. The molecule has 5 aromatic rings. The van der Waals surface area contributed by atoms with E-state index in [4.69, 9.17) is 4.98 Å². The molecule has 0 aliphatic carbocycles. The van der Waals surface area contributed by atoms with Crippen molar-refractivity contribution in [3.05, 3.63) is 96.6 Å². The number of aliphatic hydroxyl groups excluding tert-OH is 1. The zero-order chi connectivity index (χ0) is 22.2. The number of pyridine rings is 1. The van der Waals surface area contributed by atoms with Gasteiger partial charge in [0, 0.05) is 60.7 Å². The van der Waals surface area contributed by atoms with Gasteiger partial charge in [0.2, 0.25) is 0 Å². The minimum absolute atomic E-state index is 0.196. The summed E-state index contributed by atoms with van der Waals surface area (Å²) in [6.07, 6.45) is 8.21. The molecule has 164 valence electrons. The quantitative estimate of drug-likeness (QED) is 0.452. The first-order valence-electron chi connectivity index (χ1n) is 11.4. The maximum absolute atomic E-state index is 10.8. The molecule has 1 aliphatic heterocycles. The predicted molar refractivity (Wildman–Crippen MR) is 129 cm³/mol. The number of nitrogens with zero attached hydrogens (tertiary/aromatic N) is 5. The highest BCUT2D eigenvalue weighted by molar-refractivity contribution is 5.81. The smallest absolute Gasteiger partial charge is 0.162 e. The third-order valence-corrected chi connectivity index (χ3v) is 6.60. The molecule has 33 heavy (non-hydrogen) atoms. The summed E-state index contributed by atoms with van der Waals surface area (Å²) < 4.78 is 1.85. The number of hydrogen-bond acceptors (Lipinski definition) is 5. The average molecular weight is 436 g/mol. The van der Waals surface area contributed by atoms with E-state index in [-0.39, 0.29) is 12.0 Å². The van der Waals surface area contributed by atoms with Crippen molar-refractivity contribution in [2.24, 2.45) is 5.92 Å². The Bertz CT molecular complexity index is 1410. The first-order valence-corrected chi connectivity index (χ1v) is 11.4. The highest BCUT2D eigenvalue weighted by atomic mass is 16.3. The number of para-hydroxylation sites is 1. The van der Waals surface area contributed by atoms with E-state index in [0.717, 1.165) is 47.4 Å². The number of rotatable bonds is 5. The average Bonchev–Trinajstić information content (AvgIpc) is 3.42. The Labute approximate surface area is 192 Å². The summed E-state index contributed by atoms with van der Waals surface area (Å²) in [5, 5.41) is 16.5. The zero-order valence-electron chi connectivity index (χ0n) is 18.2. The molecule has 0 radical (unpaired) electrons. The van der Waals surface area contributed by atoms with Crippen LogP contribution in [0.2, 0.25) is 0 Å². The molecule has 1 N–H and O–H groups in total. The molecular weight excluding hydrogens is 410 g/mol. The second-order valence-electron chi connectivity index (χ2n) is 8.87. The maximum atomic E-state index is 10.8. The van der Waals surface area contributed by atoms with Crippen LogP contribution in [-0.2, 0) is 13.0 Å². The third-order valence-electron chi connectivity index (χ3n) is 6.60. The van der Waals surface area contributed by atoms with Crippen LogP contribution in [0.25, 0.3) is 27.7 Å². The molecule has 4 heterocycles. The number of aliphatic hydroxyl groups is 1. The van der Waals surface area contributed by atoms with Crippen LogP contribution < -0.4 is 0 Å². The van der Waals surface area contributed by atoms with Crippen molar-refractivity contribution in [1.82, 2.24) is 24.5 Å². The Hall–Kier alpha value is -3.61. The van der Waals surface area contributed by atoms with Gasteiger partial charge in [-0.1, -0.05) is 48.5 Å². The van der Waals surface area contributed by atoms with Gasteiger partial charge in [0.25, 0.3) is 0 Å². The van der Waals surface area contributed by atoms with Crippen molar-refractivity contribution in [1.29, 1.82) is 0 Å². The molecule has 0 spiro atoms. The van der Waals surface area contributed by atoms with E-state index in [9.17, 15) is 5.11 Å². The highest BCUT2D eigenvalue weighted by Gasteiger charge is 2.31. The van der Waals surface area contributed by atoms with Gasteiger partial charge in [0.05, 0.1) is 17.8 Å². The summed E-state index contributed by atoms with van der Waals surface area (Å²) >= 11 is 0. The molecule has 1 saturated heterocycles. The van der Waals surface area contributed by atoms with E-state index in [1.165, 1.54) is 10.9 Å². The summed E-state index contributed by atoms with van der Waals surface area (Å²) in [5.41, 5.74) is 6.35. The first-order chi connectivity index (χ1) is 16.2. The number of benzene rings is 2. The van der Waals surface area contributed by atoms with E-state index in [1.54, 1.807) is 0 Å². The fourth-order valence-corrected chi connectivity index (χ4v) is 4.96. The third kappa shape index (κ3) is 3.88. The van der Waals surface area contributed by atoms with Gasteiger partial charge in [-0.05, 0) is 29.7 Å². The van der Waals surface area contributed by atoms with Crippen LogP contribution in [0, 0.1) is 5.92 Å². The van der Waals surface area contributed by atoms with Gasteiger partial charge >= 0.3 is 0 Å². The molecule has 0 bridgehead atoms. The van der Waals surface area contributed by atoms with E-state index >= 15 is 0 Å². The van der Waals surface area contributed by atoms with Crippen molar-refractivity contribution >= 4 is 16.6 Å². The molecule has 6 heteroatoms. The predicted octanol–water partition coefficient (Wildman–Crippen LogP) is 3.98. The van der Waals surface area contributed by atoms with Gasteiger partial charge in [-0.25, -0.2) is 9.50 Å². The van der Waals surface area contributed by atoms with Crippen LogP contribution in [0.15, 0.2) is 85.5 Å². The molecule has 2 aromatic carbocycles. The lowest BCUT2D eigenvalue weighted by atomic mass is 9.94.